The molecule has 1 aromatic rings. The first-order chi connectivity index (χ1) is 10.6. The summed E-state index contributed by atoms with van der Waals surface area (Å²) in [7, 11) is -2.53. The van der Waals surface area contributed by atoms with Crippen molar-refractivity contribution < 1.29 is 18.1 Å². The molecule has 1 fully saturated rings. The molecule has 0 bridgehead atoms. The quantitative estimate of drug-likeness (QED) is 0.651. The SMILES string of the molecule is COc1cc([N+](=O)[O-])ccc1S(=O)(=O)N1CCC(N)C(C)(C)C1. The van der Waals surface area contributed by atoms with Crippen molar-refractivity contribution in [1.29, 1.82) is 0 Å². The molecule has 1 atom stereocenters. The lowest BCUT2D eigenvalue weighted by atomic mass is 9.81. The van der Waals surface area contributed by atoms with E-state index in [2.05, 4.69) is 0 Å². The number of nitrogens with zero attached hydrogens (tertiary/aromatic N) is 2. The Morgan fingerprint density at radius 2 is 2.09 bits per heavy atom. The fraction of sp³-hybridized carbons (Fsp3) is 0.571. The van der Waals surface area contributed by atoms with Gasteiger partial charge in [-0.1, -0.05) is 13.8 Å². The van der Waals surface area contributed by atoms with Gasteiger partial charge in [-0.05, 0) is 17.9 Å². The van der Waals surface area contributed by atoms with Gasteiger partial charge in [-0.15, -0.1) is 0 Å². The van der Waals surface area contributed by atoms with Crippen LogP contribution in [0.4, 0.5) is 5.69 Å². The molecule has 0 aliphatic carbocycles. The Morgan fingerprint density at radius 1 is 1.43 bits per heavy atom. The number of sulfonamides is 1. The molecule has 1 aliphatic rings. The van der Waals surface area contributed by atoms with Crippen molar-refractivity contribution >= 4 is 15.7 Å². The fourth-order valence-electron chi connectivity index (χ4n) is 2.65. The number of hydrogen-bond acceptors (Lipinski definition) is 6. The highest BCUT2D eigenvalue weighted by molar-refractivity contribution is 7.89. The number of benzene rings is 1. The minimum atomic E-state index is -3.81. The number of piperidine rings is 1. The lowest BCUT2D eigenvalue weighted by Crippen LogP contribution is -2.53. The Hall–Kier alpha value is -1.71. The van der Waals surface area contributed by atoms with Crippen LogP contribution in [0.1, 0.15) is 20.3 Å². The van der Waals surface area contributed by atoms with Crippen LogP contribution in [0.2, 0.25) is 0 Å². The molecule has 2 N–H and O–H groups in total. The van der Waals surface area contributed by atoms with Gasteiger partial charge < -0.3 is 10.5 Å². The van der Waals surface area contributed by atoms with Crippen LogP contribution in [0.3, 0.4) is 0 Å². The average molecular weight is 343 g/mol. The normalized spacial score (nSPS) is 21.8. The lowest BCUT2D eigenvalue weighted by Gasteiger charge is -2.41. The van der Waals surface area contributed by atoms with Gasteiger partial charge in [0.2, 0.25) is 10.0 Å². The van der Waals surface area contributed by atoms with E-state index in [0.29, 0.717) is 13.0 Å². The molecule has 1 saturated heterocycles. The van der Waals surface area contributed by atoms with Crippen molar-refractivity contribution in [2.24, 2.45) is 11.1 Å². The number of hydrogen-bond donors (Lipinski definition) is 1. The zero-order valence-electron chi connectivity index (χ0n) is 13.4. The summed E-state index contributed by atoms with van der Waals surface area (Å²) in [5.41, 5.74) is 5.48. The zero-order valence-corrected chi connectivity index (χ0v) is 14.2. The highest BCUT2D eigenvalue weighted by Crippen LogP contribution is 2.35. The van der Waals surface area contributed by atoms with Gasteiger partial charge in [-0.2, -0.15) is 4.31 Å². The molecule has 1 unspecified atom stereocenters. The Morgan fingerprint density at radius 3 is 2.61 bits per heavy atom. The molecule has 1 heterocycles. The predicted octanol–water partition coefficient (Wildman–Crippen LogP) is 1.35. The monoisotopic (exact) mass is 343 g/mol. The van der Waals surface area contributed by atoms with Gasteiger partial charge in [-0.3, -0.25) is 10.1 Å². The highest BCUT2D eigenvalue weighted by Gasteiger charge is 2.39. The van der Waals surface area contributed by atoms with Crippen LogP contribution in [-0.4, -0.2) is 43.9 Å². The summed E-state index contributed by atoms with van der Waals surface area (Å²) in [4.78, 5) is 10.2. The first-order valence-corrected chi connectivity index (χ1v) is 8.62. The maximum Gasteiger partial charge on any atom is 0.273 e. The lowest BCUT2D eigenvalue weighted by molar-refractivity contribution is -0.385. The predicted molar refractivity (Wildman–Crippen MR) is 84.8 cm³/mol. The van der Waals surface area contributed by atoms with E-state index in [1.165, 1.54) is 17.5 Å². The number of nitro groups is 1. The van der Waals surface area contributed by atoms with Crippen molar-refractivity contribution in [2.75, 3.05) is 20.2 Å². The number of methoxy groups -OCH3 is 1. The van der Waals surface area contributed by atoms with Crippen LogP contribution in [0.5, 0.6) is 5.75 Å². The van der Waals surface area contributed by atoms with Crippen LogP contribution in [0.25, 0.3) is 0 Å². The molecule has 8 nitrogen and oxygen atoms in total. The molecule has 0 aromatic heterocycles. The summed E-state index contributed by atoms with van der Waals surface area (Å²) < 4.78 is 32.2. The summed E-state index contributed by atoms with van der Waals surface area (Å²) in [6.07, 6.45) is 0.557. The van der Waals surface area contributed by atoms with Gasteiger partial charge in [0.25, 0.3) is 5.69 Å². The van der Waals surface area contributed by atoms with Gasteiger partial charge in [-0.25, -0.2) is 8.42 Å². The smallest absolute Gasteiger partial charge is 0.273 e. The zero-order chi connectivity index (χ0) is 17.4. The van der Waals surface area contributed by atoms with Crippen molar-refractivity contribution in [2.45, 2.75) is 31.2 Å². The number of nitro benzene ring substituents is 1. The van der Waals surface area contributed by atoms with E-state index in [4.69, 9.17) is 10.5 Å². The molecule has 2 rings (SSSR count). The van der Waals surface area contributed by atoms with E-state index >= 15 is 0 Å². The van der Waals surface area contributed by atoms with E-state index in [1.807, 2.05) is 13.8 Å². The van der Waals surface area contributed by atoms with Crippen molar-refractivity contribution in [1.82, 2.24) is 4.31 Å². The van der Waals surface area contributed by atoms with Crippen molar-refractivity contribution in [3.8, 4) is 5.75 Å². The average Bonchev–Trinajstić information content (AvgIpc) is 2.48. The molecular weight excluding hydrogens is 322 g/mol. The standard InChI is InChI=1S/C14H21N3O5S/c1-14(2)9-16(7-6-13(14)15)23(20,21)12-5-4-10(17(18)19)8-11(12)22-3/h4-5,8,13H,6-7,9,15H2,1-3H3. The summed E-state index contributed by atoms with van der Waals surface area (Å²) >= 11 is 0. The topological polar surface area (TPSA) is 116 Å². The van der Waals surface area contributed by atoms with Crippen LogP contribution in [-0.2, 0) is 10.0 Å². The van der Waals surface area contributed by atoms with Gasteiger partial charge in [0.15, 0.2) is 0 Å². The van der Waals surface area contributed by atoms with E-state index < -0.39 is 14.9 Å². The third-order valence-electron chi connectivity index (χ3n) is 4.25. The van der Waals surface area contributed by atoms with Crippen LogP contribution in [0, 0.1) is 15.5 Å². The van der Waals surface area contributed by atoms with Gasteiger partial charge in [0, 0.05) is 25.2 Å². The highest BCUT2D eigenvalue weighted by atomic mass is 32.2. The fourth-order valence-corrected chi connectivity index (χ4v) is 4.41. The van der Waals surface area contributed by atoms with E-state index in [1.54, 1.807) is 0 Å². The van der Waals surface area contributed by atoms with Crippen LogP contribution in [0.15, 0.2) is 23.1 Å². The maximum atomic E-state index is 12.9. The Bertz CT molecular complexity index is 717. The molecule has 128 valence electrons. The third-order valence-corrected chi connectivity index (χ3v) is 6.14. The second-order valence-electron chi connectivity index (χ2n) is 6.31. The molecular formula is C14H21N3O5S. The molecule has 0 radical (unpaired) electrons. The molecule has 9 heteroatoms. The van der Waals surface area contributed by atoms with Gasteiger partial charge >= 0.3 is 0 Å². The van der Waals surface area contributed by atoms with E-state index in [0.717, 1.165) is 12.1 Å². The minimum Gasteiger partial charge on any atom is -0.495 e. The van der Waals surface area contributed by atoms with Crippen molar-refractivity contribution in [3.63, 3.8) is 0 Å². The molecule has 23 heavy (non-hydrogen) atoms. The molecule has 0 amide bonds. The Kier molecular flexibility index (Phi) is 4.65. The number of nitrogens with two attached hydrogens (primary N) is 1. The molecule has 0 spiro atoms. The maximum absolute atomic E-state index is 12.9. The third kappa shape index (κ3) is 3.31. The van der Waals surface area contributed by atoms with Gasteiger partial charge in [0.1, 0.15) is 10.6 Å². The summed E-state index contributed by atoms with van der Waals surface area (Å²) in [5.74, 6) is -0.0353. The van der Waals surface area contributed by atoms with Gasteiger partial charge in [0.05, 0.1) is 18.1 Å². The van der Waals surface area contributed by atoms with E-state index in [9.17, 15) is 18.5 Å². The molecule has 0 saturated carbocycles. The number of ether oxygens (including phenoxy) is 1. The Labute approximate surface area is 135 Å². The summed E-state index contributed by atoms with van der Waals surface area (Å²) in [5, 5.41) is 10.8. The summed E-state index contributed by atoms with van der Waals surface area (Å²) in [6, 6.07) is 3.42. The van der Waals surface area contributed by atoms with Crippen LogP contribution < -0.4 is 10.5 Å². The number of non-ortho nitro benzene ring substituents is 1. The Balaban J connectivity index is 2.42. The second kappa shape index (κ2) is 6.06. The molecule has 1 aromatic carbocycles. The summed E-state index contributed by atoms with van der Waals surface area (Å²) in [6.45, 7) is 4.45. The molecule has 1 aliphatic heterocycles. The van der Waals surface area contributed by atoms with E-state index in [-0.39, 0.29) is 34.3 Å². The second-order valence-corrected chi connectivity index (χ2v) is 8.22. The largest absolute Gasteiger partial charge is 0.495 e. The van der Waals surface area contributed by atoms with Crippen LogP contribution >= 0.6 is 0 Å². The minimum absolute atomic E-state index is 0.0353. The van der Waals surface area contributed by atoms with Crippen molar-refractivity contribution in [3.05, 3.63) is 28.3 Å². The first kappa shape index (κ1) is 17.6. The number of rotatable bonds is 4. The first-order valence-electron chi connectivity index (χ1n) is 7.18.